The van der Waals surface area contributed by atoms with Gasteiger partial charge in [-0.3, -0.25) is 9.48 Å². The van der Waals surface area contributed by atoms with E-state index in [1.807, 2.05) is 42.1 Å². The summed E-state index contributed by atoms with van der Waals surface area (Å²) in [5, 5.41) is 4.22. The molecule has 2 aromatic heterocycles. The lowest BCUT2D eigenvalue weighted by atomic mass is 10.1. The Bertz CT molecular complexity index is 774. The Labute approximate surface area is 128 Å². The molecule has 0 amide bonds. The number of ether oxygens (including phenoxy) is 1. The fourth-order valence-electron chi connectivity index (χ4n) is 2.17. The number of aromatic nitrogens is 2. The van der Waals surface area contributed by atoms with Crippen molar-refractivity contribution in [3.05, 3.63) is 60.1 Å². The van der Waals surface area contributed by atoms with Crippen molar-refractivity contribution in [2.45, 2.75) is 20.1 Å². The molecule has 3 rings (SSSR count). The Morgan fingerprint density at radius 3 is 2.86 bits per heavy atom. The van der Waals surface area contributed by atoms with Crippen LogP contribution in [0.3, 0.4) is 0 Å². The van der Waals surface area contributed by atoms with Crippen LogP contribution in [0.15, 0.2) is 53.2 Å². The average molecular weight is 296 g/mol. The van der Waals surface area contributed by atoms with Crippen molar-refractivity contribution in [1.29, 1.82) is 0 Å². The van der Waals surface area contributed by atoms with E-state index < -0.39 is 0 Å². The molecule has 112 valence electrons. The normalized spacial score (nSPS) is 10.6. The highest BCUT2D eigenvalue weighted by atomic mass is 16.5. The molecule has 0 spiro atoms. The Morgan fingerprint density at radius 1 is 1.27 bits per heavy atom. The minimum absolute atomic E-state index is 0.300. The topological polar surface area (TPSA) is 57.3 Å². The summed E-state index contributed by atoms with van der Waals surface area (Å²) in [5.74, 6) is 1.62. The van der Waals surface area contributed by atoms with Gasteiger partial charge in [-0.25, -0.2) is 0 Å². The van der Waals surface area contributed by atoms with Gasteiger partial charge in [-0.1, -0.05) is 12.1 Å². The third-order valence-electron chi connectivity index (χ3n) is 3.30. The van der Waals surface area contributed by atoms with E-state index in [2.05, 4.69) is 5.10 Å². The molecule has 0 fully saturated rings. The molecular weight excluding hydrogens is 280 g/mol. The second-order valence-corrected chi connectivity index (χ2v) is 4.81. The number of carbonyl (C=O) groups excluding carboxylic acids is 1. The molecule has 0 atom stereocenters. The van der Waals surface area contributed by atoms with E-state index in [4.69, 9.17) is 9.15 Å². The van der Waals surface area contributed by atoms with Crippen molar-refractivity contribution in [1.82, 2.24) is 9.78 Å². The summed E-state index contributed by atoms with van der Waals surface area (Å²) in [6.45, 7) is 3.30. The molecule has 1 aromatic carbocycles. The van der Waals surface area contributed by atoms with Gasteiger partial charge in [-0.05, 0) is 31.2 Å². The van der Waals surface area contributed by atoms with Gasteiger partial charge in [-0.15, -0.1) is 0 Å². The van der Waals surface area contributed by atoms with Gasteiger partial charge < -0.3 is 9.15 Å². The maximum absolute atomic E-state index is 10.7. The number of carbonyl (C=O) groups is 1. The van der Waals surface area contributed by atoms with Gasteiger partial charge >= 0.3 is 0 Å². The molecular formula is C17H16N2O3. The van der Waals surface area contributed by atoms with Gasteiger partial charge in [0.15, 0.2) is 12.0 Å². The second kappa shape index (κ2) is 6.30. The number of benzene rings is 1. The summed E-state index contributed by atoms with van der Waals surface area (Å²) in [5.41, 5.74) is 1.82. The summed E-state index contributed by atoms with van der Waals surface area (Å²) >= 11 is 0. The van der Waals surface area contributed by atoms with Gasteiger partial charge in [0.1, 0.15) is 18.1 Å². The van der Waals surface area contributed by atoms with Crippen LogP contribution in [0.4, 0.5) is 0 Å². The Balaban J connectivity index is 1.80. The molecule has 5 nitrogen and oxygen atoms in total. The maximum Gasteiger partial charge on any atom is 0.185 e. The van der Waals surface area contributed by atoms with E-state index >= 15 is 0 Å². The van der Waals surface area contributed by atoms with E-state index in [-0.39, 0.29) is 0 Å². The number of rotatable bonds is 6. The van der Waals surface area contributed by atoms with E-state index in [0.717, 1.165) is 17.7 Å². The van der Waals surface area contributed by atoms with Gasteiger partial charge in [0.25, 0.3) is 0 Å². The predicted molar refractivity (Wildman–Crippen MR) is 81.8 cm³/mol. The largest absolute Gasteiger partial charge is 0.488 e. The molecule has 0 saturated heterocycles. The van der Waals surface area contributed by atoms with Crippen LogP contribution in [0.1, 0.15) is 23.0 Å². The SMILES string of the molecule is CCn1cc(COc2ccccc2-c2ccc(C=O)o2)cn1. The molecule has 3 aromatic rings. The van der Waals surface area contributed by atoms with E-state index in [9.17, 15) is 4.79 Å². The van der Waals surface area contributed by atoms with Crippen molar-refractivity contribution in [2.24, 2.45) is 0 Å². The Kier molecular flexibility index (Phi) is 4.05. The zero-order valence-corrected chi connectivity index (χ0v) is 12.2. The van der Waals surface area contributed by atoms with Gasteiger partial charge in [0.05, 0.1) is 11.8 Å². The maximum atomic E-state index is 10.7. The molecule has 22 heavy (non-hydrogen) atoms. The van der Waals surface area contributed by atoms with E-state index in [1.54, 1.807) is 18.3 Å². The second-order valence-electron chi connectivity index (χ2n) is 4.81. The number of aldehydes is 1. The molecule has 0 aliphatic heterocycles. The highest BCUT2D eigenvalue weighted by molar-refractivity contribution is 5.74. The number of aryl methyl sites for hydroxylation is 1. The lowest BCUT2D eigenvalue weighted by Gasteiger charge is -2.08. The molecule has 0 saturated carbocycles. The van der Waals surface area contributed by atoms with Crippen LogP contribution in [0, 0.1) is 0 Å². The molecule has 5 heteroatoms. The first-order valence-electron chi connectivity index (χ1n) is 7.08. The van der Waals surface area contributed by atoms with Crippen LogP contribution in [0.2, 0.25) is 0 Å². The molecule has 0 unspecified atom stereocenters. The minimum atomic E-state index is 0.300. The summed E-state index contributed by atoms with van der Waals surface area (Å²) in [6, 6.07) is 11.0. The lowest BCUT2D eigenvalue weighted by Crippen LogP contribution is -1.96. The Morgan fingerprint density at radius 2 is 2.14 bits per heavy atom. The van der Waals surface area contributed by atoms with Crippen molar-refractivity contribution in [3.63, 3.8) is 0 Å². The summed E-state index contributed by atoms with van der Waals surface area (Å²) in [4.78, 5) is 10.7. The van der Waals surface area contributed by atoms with Gasteiger partial charge in [0, 0.05) is 18.3 Å². The van der Waals surface area contributed by atoms with Crippen LogP contribution in [-0.2, 0) is 13.2 Å². The summed E-state index contributed by atoms with van der Waals surface area (Å²) in [6.07, 6.45) is 4.44. The number of nitrogens with zero attached hydrogens (tertiary/aromatic N) is 2. The van der Waals surface area contributed by atoms with E-state index in [1.165, 1.54) is 0 Å². The summed E-state index contributed by atoms with van der Waals surface area (Å²) < 4.78 is 13.2. The number of hydrogen-bond donors (Lipinski definition) is 0. The molecule has 0 bridgehead atoms. The van der Waals surface area contributed by atoms with Crippen LogP contribution in [0.5, 0.6) is 5.75 Å². The molecule has 0 aliphatic carbocycles. The monoisotopic (exact) mass is 296 g/mol. The van der Waals surface area contributed by atoms with Crippen LogP contribution in [0.25, 0.3) is 11.3 Å². The average Bonchev–Trinajstić information content (AvgIpc) is 3.22. The van der Waals surface area contributed by atoms with Gasteiger partial charge in [-0.2, -0.15) is 5.10 Å². The number of para-hydroxylation sites is 1. The fraction of sp³-hybridized carbons (Fsp3) is 0.176. The quantitative estimate of drug-likeness (QED) is 0.653. The molecule has 0 radical (unpaired) electrons. The van der Waals surface area contributed by atoms with Crippen LogP contribution >= 0.6 is 0 Å². The van der Waals surface area contributed by atoms with Gasteiger partial charge in [0.2, 0.25) is 0 Å². The predicted octanol–water partition coefficient (Wildman–Crippen LogP) is 3.55. The summed E-state index contributed by atoms with van der Waals surface area (Å²) in [7, 11) is 0. The lowest BCUT2D eigenvalue weighted by molar-refractivity contribution is 0.110. The first-order chi connectivity index (χ1) is 10.8. The third kappa shape index (κ3) is 2.93. The molecule has 0 aliphatic rings. The standard InChI is InChI=1S/C17H16N2O3/c1-2-19-10-13(9-18-19)12-21-16-6-4-3-5-15(16)17-8-7-14(11-20)22-17/h3-11H,2,12H2,1H3. The van der Waals surface area contributed by atoms with Crippen molar-refractivity contribution >= 4 is 6.29 Å². The number of furan rings is 1. The first kappa shape index (κ1) is 14.1. The van der Waals surface area contributed by atoms with Crippen molar-refractivity contribution < 1.29 is 13.9 Å². The fourth-order valence-corrected chi connectivity index (χ4v) is 2.17. The van der Waals surface area contributed by atoms with Crippen LogP contribution in [-0.4, -0.2) is 16.1 Å². The molecule has 2 heterocycles. The smallest absolute Gasteiger partial charge is 0.185 e. The number of hydrogen-bond acceptors (Lipinski definition) is 4. The van der Waals surface area contributed by atoms with E-state index in [0.29, 0.717) is 30.2 Å². The first-order valence-corrected chi connectivity index (χ1v) is 7.08. The molecule has 0 N–H and O–H groups in total. The highest BCUT2D eigenvalue weighted by Crippen LogP contribution is 2.31. The zero-order valence-electron chi connectivity index (χ0n) is 12.2. The minimum Gasteiger partial charge on any atom is -0.488 e. The zero-order chi connectivity index (χ0) is 15.4. The highest BCUT2D eigenvalue weighted by Gasteiger charge is 2.10. The Hall–Kier alpha value is -2.82. The third-order valence-corrected chi connectivity index (χ3v) is 3.30. The van der Waals surface area contributed by atoms with Crippen LogP contribution < -0.4 is 4.74 Å². The van der Waals surface area contributed by atoms with Crippen molar-refractivity contribution in [2.75, 3.05) is 0 Å². The van der Waals surface area contributed by atoms with Crippen molar-refractivity contribution in [3.8, 4) is 17.1 Å².